The molecule has 118 valence electrons. The van der Waals surface area contributed by atoms with Crippen molar-refractivity contribution in [1.29, 1.82) is 0 Å². The molecule has 0 radical (unpaired) electrons. The fourth-order valence-electron chi connectivity index (χ4n) is 1.65. The van der Waals surface area contributed by atoms with Crippen LogP contribution in [0.5, 0.6) is 0 Å². The first kappa shape index (κ1) is 16.9. The Balaban J connectivity index is 2.05. The molecular weight excluding hydrogens is 390 g/mol. The molecule has 0 unspecified atom stereocenters. The zero-order valence-corrected chi connectivity index (χ0v) is 13.7. The Kier molecular flexibility index (Phi) is 5.30. The second-order valence-electron chi connectivity index (χ2n) is 4.34. The number of amides is 2. The first-order valence-corrected chi connectivity index (χ1v) is 7.36. The minimum absolute atomic E-state index is 0.00259. The zero-order valence-electron chi connectivity index (χ0n) is 11.4. The maximum Gasteiger partial charge on any atom is 0.288 e. The number of hydrogen-bond donors (Lipinski definition) is 2. The predicted molar refractivity (Wildman–Crippen MR) is 87.2 cm³/mol. The van der Waals surface area contributed by atoms with Crippen molar-refractivity contribution in [2.45, 2.75) is 0 Å². The van der Waals surface area contributed by atoms with Crippen LogP contribution in [-0.2, 0) is 0 Å². The molecule has 9 heteroatoms. The Bertz CT molecular complexity index is 780. The first-order chi connectivity index (χ1) is 10.9. The van der Waals surface area contributed by atoms with E-state index in [9.17, 15) is 19.7 Å². The summed E-state index contributed by atoms with van der Waals surface area (Å²) in [6.07, 6.45) is 0. The standard InChI is InChI=1S/C14H9BrClN3O4/c15-10-4-1-8(2-5-10)13(20)17-18-14(21)9-3-6-11(16)12(7-9)19(22)23/h1-7H,(H,17,20)(H,18,21). The van der Waals surface area contributed by atoms with Gasteiger partial charge in [-0.2, -0.15) is 0 Å². The van der Waals surface area contributed by atoms with E-state index in [4.69, 9.17) is 11.6 Å². The van der Waals surface area contributed by atoms with Gasteiger partial charge in [0.05, 0.1) is 4.92 Å². The Morgan fingerprint density at radius 2 is 1.52 bits per heavy atom. The maximum atomic E-state index is 11.9. The molecule has 0 heterocycles. The molecule has 0 bridgehead atoms. The number of carbonyl (C=O) groups is 2. The van der Waals surface area contributed by atoms with E-state index in [1.807, 2.05) is 0 Å². The molecule has 2 amide bonds. The van der Waals surface area contributed by atoms with Gasteiger partial charge >= 0.3 is 0 Å². The van der Waals surface area contributed by atoms with Crippen molar-refractivity contribution in [2.24, 2.45) is 0 Å². The van der Waals surface area contributed by atoms with Crippen LogP contribution in [0.2, 0.25) is 5.02 Å². The van der Waals surface area contributed by atoms with Crippen LogP contribution < -0.4 is 10.9 Å². The lowest BCUT2D eigenvalue weighted by molar-refractivity contribution is -0.384. The van der Waals surface area contributed by atoms with E-state index in [-0.39, 0.29) is 10.6 Å². The summed E-state index contributed by atoms with van der Waals surface area (Å²) in [5, 5.41) is 10.7. The lowest BCUT2D eigenvalue weighted by Gasteiger charge is -2.07. The Hall–Kier alpha value is -2.45. The second kappa shape index (κ2) is 7.21. The monoisotopic (exact) mass is 397 g/mol. The van der Waals surface area contributed by atoms with E-state index in [1.165, 1.54) is 12.1 Å². The first-order valence-electron chi connectivity index (χ1n) is 6.18. The molecule has 0 aliphatic rings. The summed E-state index contributed by atoms with van der Waals surface area (Å²) < 4.78 is 0.812. The van der Waals surface area contributed by atoms with Crippen LogP contribution in [0.1, 0.15) is 20.7 Å². The van der Waals surface area contributed by atoms with Crippen molar-refractivity contribution >= 4 is 45.0 Å². The van der Waals surface area contributed by atoms with Crippen LogP contribution in [0.25, 0.3) is 0 Å². The van der Waals surface area contributed by atoms with E-state index < -0.39 is 22.4 Å². The van der Waals surface area contributed by atoms with E-state index >= 15 is 0 Å². The number of nitro benzene ring substituents is 1. The number of nitrogens with zero attached hydrogens (tertiary/aromatic N) is 1. The molecule has 0 aliphatic carbocycles. The van der Waals surface area contributed by atoms with Crippen molar-refractivity contribution < 1.29 is 14.5 Å². The Labute approximate surface area is 143 Å². The molecule has 0 saturated carbocycles. The highest BCUT2D eigenvalue weighted by Gasteiger charge is 2.16. The number of halogens is 2. The van der Waals surface area contributed by atoms with Crippen LogP contribution in [-0.4, -0.2) is 16.7 Å². The summed E-state index contributed by atoms with van der Waals surface area (Å²) in [5.41, 5.74) is 4.36. The lowest BCUT2D eigenvalue weighted by atomic mass is 10.2. The quantitative estimate of drug-likeness (QED) is 0.613. The van der Waals surface area contributed by atoms with Crippen LogP contribution in [0.4, 0.5) is 5.69 Å². The van der Waals surface area contributed by atoms with Crippen LogP contribution in [0.3, 0.4) is 0 Å². The highest BCUT2D eigenvalue weighted by molar-refractivity contribution is 9.10. The topological polar surface area (TPSA) is 101 Å². The summed E-state index contributed by atoms with van der Waals surface area (Å²) >= 11 is 8.91. The van der Waals surface area contributed by atoms with Gasteiger partial charge in [-0.05, 0) is 36.4 Å². The summed E-state index contributed by atoms with van der Waals surface area (Å²) in [4.78, 5) is 33.9. The molecule has 2 N–H and O–H groups in total. The molecule has 0 aromatic heterocycles. The highest BCUT2D eigenvalue weighted by atomic mass is 79.9. The average Bonchev–Trinajstić information content (AvgIpc) is 2.53. The molecule has 2 aromatic rings. The minimum atomic E-state index is -0.699. The average molecular weight is 399 g/mol. The van der Waals surface area contributed by atoms with Gasteiger partial charge in [-0.3, -0.25) is 30.6 Å². The number of rotatable bonds is 3. The molecule has 2 rings (SSSR count). The Morgan fingerprint density at radius 1 is 1.00 bits per heavy atom. The van der Waals surface area contributed by atoms with Gasteiger partial charge in [0.25, 0.3) is 17.5 Å². The van der Waals surface area contributed by atoms with E-state index in [1.54, 1.807) is 24.3 Å². The Morgan fingerprint density at radius 3 is 2.09 bits per heavy atom. The highest BCUT2D eigenvalue weighted by Crippen LogP contribution is 2.24. The molecule has 2 aromatic carbocycles. The molecule has 0 spiro atoms. The number of nitro groups is 1. The van der Waals surface area contributed by atoms with Crippen LogP contribution >= 0.6 is 27.5 Å². The van der Waals surface area contributed by atoms with Gasteiger partial charge in [-0.1, -0.05) is 27.5 Å². The lowest BCUT2D eigenvalue weighted by Crippen LogP contribution is -2.41. The molecule has 0 atom stereocenters. The molecule has 0 saturated heterocycles. The number of hydrogen-bond acceptors (Lipinski definition) is 4. The number of nitrogens with one attached hydrogen (secondary N) is 2. The minimum Gasteiger partial charge on any atom is -0.267 e. The van der Waals surface area contributed by atoms with Crippen molar-refractivity contribution in [3.63, 3.8) is 0 Å². The maximum absolute atomic E-state index is 11.9. The van der Waals surface area contributed by atoms with Gasteiger partial charge in [0.15, 0.2) is 0 Å². The van der Waals surface area contributed by atoms with Gasteiger partial charge in [0.1, 0.15) is 5.02 Å². The molecule has 0 aliphatic heterocycles. The third-order valence-corrected chi connectivity index (χ3v) is 3.65. The van der Waals surface area contributed by atoms with E-state index in [2.05, 4.69) is 26.8 Å². The predicted octanol–water partition coefficient (Wildman–Crippen LogP) is 3.09. The van der Waals surface area contributed by atoms with Crippen molar-refractivity contribution in [3.8, 4) is 0 Å². The van der Waals surface area contributed by atoms with E-state index in [0.29, 0.717) is 5.56 Å². The third kappa shape index (κ3) is 4.27. The zero-order chi connectivity index (χ0) is 17.0. The van der Waals surface area contributed by atoms with Gasteiger partial charge < -0.3 is 0 Å². The van der Waals surface area contributed by atoms with Gasteiger partial charge in [0, 0.05) is 21.7 Å². The largest absolute Gasteiger partial charge is 0.288 e. The van der Waals surface area contributed by atoms with Crippen molar-refractivity contribution in [3.05, 3.63) is 73.2 Å². The SMILES string of the molecule is O=C(NNC(=O)c1ccc(Cl)c([N+](=O)[O-])c1)c1ccc(Br)cc1. The van der Waals surface area contributed by atoms with Gasteiger partial charge in [-0.15, -0.1) is 0 Å². The summed E-state index contributed by atoms with van der Waals surface area (Å²) in [6, 6.07) is 10.1. The van der Waals surface area contributed by atoms with E-state index in [0.717, 1.165) is 10.5 Å². The molecular formula is C14H9BrClN3O4. The number of hydrazine groups is 1. The van der Waals surface area contributed by atoms with Crippen molar-refractivity contribution in [2.75, 3.05) is 0 Å². The number of carbonyl (C=O) groups excluding carboxylic acids is 2. The fraction of sp³-hybridized carbons (Fsp3) is 0. The normalized spacial score (nSPS) is 10.0. The third-order valence-electron chi connectivity index (χ3n) is 2.80. The van der Waals surface area contributed by atoms with Crippen LogP contribution in [0.15, 0.2) is 46.9 Å². The van der Waals surface area contributed by atoms with Gasteiger partial charge in [-0.25, -0.2) is 0 Å². The summed E-state index contributed by atoms with van der Waals surface area (Å²) in [6.45, 7) is 0. The second-order valence-corrected chi connectivity index (χ2v) is 5.66. The van der Waals surface area contributed by atoms with Crippen LogP contribution in [0, 0.1) is 10.1 Å². The molecule has 7 nitrogen and oxygen atoms in total. The molecule has 0 fully saturated rings. The fourth-order valence-corrected chi connectivity index (χ4v) is 2.10. The molecule has 23 heavy (non-hydrogen) atoms. The summed E-state index contributed by atoms with van der Waals surface area (Å²) in [5.74, 6) is -1.22. The van der Waals surface area contributed by atoms with Crippen molar-refractivity contribution in [1.82, 2.24) is 10.9 Å². The number of benzene rings is 2. The summed E-state index contributed by atoms with van der Waals surface area (Å²) in [7, 11) is 0. The van der Waals surface area contributed by atoms with Gasteiger partial charge in [0.2, 0.25) is 0 Å². The smallest absolute Gasteiger partial charge is 0.267 e.